The molecular formula is C21H18N2O3S. The first-order chi connectivity index (χ1) is 13.1. The Labute approximate surface area is 160 Å². The summed E-state index contributed by atoms with van der Waals surface area (Å²) in [6, 6.07) is 16.0. The van der Waals surface area contributed by atoms with Gasteiger partial charge in [0.25, 0.3) is 0 Å². The number of fused-ring (bicyclic) bond motifs is 1. The van der Waals surface area contributed by atoms with Gasteiger partial charge in [0.2, 0.25) is 0 Å². The summed E-state index contributed by atoms with van der Waals surface area (Å²) in [6.45, 7) is 2.57. The van der Waals surface area contributed by atoms with Gasteiger partial charge in [0.15, 0.2) is 4.96 Å². The minimum atomic E-state index is -0.832. The number of hydrogen-bond acceptors (Lipinski definition) is 4. The molecule has 2 aromatic heterocycles. The van der Waals surface area contributed by atoms with Crippen LogP contribution in [0, 0.1) is 6.92 Å². The van der Waals surface area contributed by atoms with Crippen LogP contribution in [-0.4, -0.2) is 20.5 Å². The molecule has 4 rings (SSSR count). The van der Waals surface area contributed by atoms with E-state index in [1.807, 2.05) is 72.2 Å². The Hall–Kier alpha value is -3.12. The Balaban J connectivity index is 1.52. The molecule has 0 saturated heterocycles. The molecule has 0 atom stereocenters. The van der Waals surface area contributed by atoms with Gasteiger partial charge in [-0.05, 0) is 36.2 Å². The lowest BCUT2D eigenvalue weighted by atomic mass is 10.1. The number of aromatic nitrogens is 2. The Kier molecular flexibility index (Phi) is 4.64. The lowest BCUT2D eigenvalue weighted by Gasteiger charge is -2.09. The van der Waals surface area contributed by atoms with Crippen LogP contribution in [0.4, 0.5) is 0 Å². The van der Waals surface area contributed by atoms with Crippen LogP contribution in [0.2, 0.25) is 0 Å². The van der Waals surface area contributed by atoms with Crippen molar-refractivity contribution in [2.45, 2.75) is 20.0 Å². The van der Waals surface area contributed by atoms with Crippen LogP contribution >= 0.6 is 11.3 Å². The van der Waals surface area contributed by atoms with Crippen LogP contribution in [0.3, 0.4) is 0 Å². The fraction of sp³-hybridized carbons (Fsp3) is 0.143. The van der Waals surface area contributed by atoms with Gasteiger partial charge >= 0.3 is 5.97 Å². The van der Waals surface area contributed by atoms with Crippen molar-refractivity contribution in [3.05, 3.63) is 76.9 Å². The third-order valence-electron chi connectivity index (χ3n) is 4.25. The van der Waals surface area contributed by atoms with Gasteiger partial charge in [-0.1, -0.05) is 30.3 Å². The molecule has 0 aliphatic heterocycles. The van der Waals surface area contributed by atoms with E-state index in [4.69, 9.17) is 9.84 Å². The minimum absolute atomic E-state index is 0.0236. The third kappa shape index (κ3) is 3.85. The Morgan fingerprint density at radius 2 is 2.00 bits per heavy atom. The number of benzene rings is 2. The van der Waals surface area contributed by atoms with Gasteiger partial charge in [-0.15, -0.1) is 11.3 Å². The summed E-state index contributed by atoms with van der Waals surface area (Å²) in [5, 5.41) is 8.91. The molecule has 0 unspecified atom stereocenters. The number of aliphatic carboxylic acids is 1. The van der Waals surface area contributed by atoms with Crippen molar-refractivity contribution in [3.8, 4) is 17.0 Å². The summed E-state index contributed by atoms with van der Waals surface area (Å²) in [7, 11) is 0. The van der Waals surface area contributed by atoms with Gasteiger partial charge in [-0.2, -0.15) is 0 Å². The molecule has 5 nitrogen and oxygen atoms in total. The van der Waals surface area contributed by atoms with Crippen LogP contribution in [-0.2, 0) is 17.8 Å². The Bertz CT molecular complexity index is 1070. The van der Waals surface area contributed by atoms with Gasteiger partial charge in [0.05, 0.1) is 12.1 Å². The summed E-state index contributed by atoms with van der Waals surface area (Å²) in [6.07, 6.45) is 3.79. The average Bonchev–Trinajstić information content (AvgIpc) is 3.18. The van der Waals surface area contributed by atoms with Crippen LogP contribution in [0.5, 0.6) is 5.75 Å². The number of carbonyl (C=O) groups is 1. The number of carboxylic acids is 1. The fourth-order valence-electron chi connectivity index (χ4n) is 2.96. The van der Waals surface area contributed by atoms with Crippen molar-refractivity contribution in [3.63, 3.8) is 0 Å². The minimum Gasteiger partial charge on any atom is -0.489 e. The molecule has 27 heavy (non-hydrogen) atoms. The van der Waals surface area contributed by atoms with Crippen LogP contribution in [0.1, 0.15) is 16.0 Å². The molecule has 2 heterocycles. The summed E-state index contributed by atoms with van der Waals surface area (Å²) < 4.78 is 7.77. The lowest BCUT2D eigenvalue weighted by Crippen LogP contribution is -1.97. The van der Waals surface area contributed by atoms with Crippen LogP contribution in [0.25, 0.3) is 16.2 Å². The van der Waals surface area contributed by atoms with E-state index in [1.165, 1.54) is 11.3 Å². The number of aryl methyl sites for hydroxylation is 1. The first-order valence-corrected chi connectivity index (χ1v) is 9.37. The number of thiazole rings is 1. The highest BCUT2D eigenvalue weighted by Gasteiger charge is 2.12. The smallest absolute Gasteiger partial charge is 0.308 e. The number of nitrogens with zero attached hydrogens (tertiary/aromatic N) is 2. The molecule has 4 aromatic rings. The van der Waals surface area contributed by atoms with Gasteiger partial charge in [0.1, 0.15) is 12.4 Å². The molecule has 2 aromatic carbocycles. The average molecular weight is 378 g/mol. The highest BCUT2D eigenvalue weighted by atomic mass is 32.1. The van der Waals surface area contributed by atoms with Crippen LogP contribution in [0.15, 0.2) is 60.9 Å². The molecule has 0 bridgehead atoms. The van der Waals surface area contributed by atoms with E-state index in [2.05, 4.69) is 4.98 Å². The summed E-state index contributed by atoms with van der Waals surface area (Å²) in [5.41, 5.74) is 4.12. The molecule has 0 fully saturated rings. The van der Waals surface area contributed by atoms with E-state index in [9.17, 15) is 4.79 Å². The Morgan fingerprint density at radius 3 is 2.70 bits per heavy atom. The first-order valence-electron chi connectivity index (χ1n) is 8.55. The second-order valence-electron chi connectivity index (χ2n) is 6.33. The summed E-state index contributed by atoms with van der Waals surface area (Å²) >= 11 is 1.40. The molecule has 0 aliphatic carbocycles. The topological polar surface area (TPSA) is 63.8 Å². The molecule has 0 saturated carbocycles. The molecule has 0 spiro atoms. The zero-order valence-electron chi connectivity index (χ0n) is 14.8. The second-order valence-corrected chi connectivity index (χ2v) is 7.43. The normalized spacial score (nSPS) is 11.0. The van der Waals surface area contributed by atoms with Crippen LogP contribution < -0.4 is 4.74 Å². The summed E-state index contributed by atoms with van der Waals surface area (Å²) in [4.78, 5) is 17.1. The largest absolute Gasteiger partial charge is 0.489 e. The number of imidazole rings is 1. The molecule has 0 amide bonds. The van der Waals surface area contributed by atoms with E-state index >= 15 is 0 Å². The van der Waals surface area contributed by atoms with E-state index in [-0.39, 0.29) is 6.42 Å². The maximum absolute atomic E-state index is 10.8. The summed E-state index contributed by atoms with van der Waals surface area (Å²) in [5.74, 6) is -0.00784. The first kappa shape index (κ1) is 17.3. The molecule has 136 valence electrons. The Morgan fingerprint density at radius 1 is 1.19 bits per heavy atom. The SMILES string of the molecule is Cc1cc(OCc2ccccc2)ccc1-c1cn2cc(CC(=O)O)sc2n1. The highest BCUT2D eigenvalue weighted by Crippen LogP contribution is 2.29. The number of carboxylic acid groups (broad SMARTS) is 1. The van der Waals surface area contributed by atoms with E-state index in [0.29, 0.717) is 6.61 Å². The zero-order chi connectivity index (χ0) is 18.8. The van der Waals surface area contributed by atoms with E-state index in [1.54, 1.807) is 0 Å². The second kappa shape index (κ2) is 7.25. The standard InChI is InChI=1S/C21H18N2O3S/c1-14-9-16(26-13-15-5-3-2-4-6-15)7-8-18(14)19-12-23-11-17(10-20(24)25)27-21(23)22-19/h2-9,11-12H,10,13H2,1H3,(H,24,25). The molecule has 0 aliphatic rings. The van der Waals surface area contributed by atoms with Gasteiger partial charge in [-0.25, -0.2) is 4.98 Å². The zero-order valence-corrected chi connectivity index (χ0v) is 15.6. The van der Waals surface area contributed by atoms with Crippen molar-refractivity contribution in [2.75, 3.05) is 0 Å². The molecule has 6 heteroatoms. The molecular weight excluding hydrogens is 360 g/mol. The van der Waals surface area contributed by atoms with E-state index in [0.717, 1.165) is 38.0 Å². The quantitative estimate of drug-likeness (QED) is 0.533. The van der Waals surface area contributed by atoms with Crippen molar-refractivity contribution in [2.24, 2.45) is 0 Å². The molecule has 0 radical (unpaired) electrons. The van der Waals surface area contributed by atoms with E-state index < -0.39 is 5.97 Å². The van der Waals surface area contributed by atoms with Crippen molar-refractivity contribution >= 4 is 22.3 Å². The maximum atomic E-state index is 10.8. The lowest BCUT2D eigenvalue weighted by molar-refractivity contribution is -0.136. The maximum Gasteiger partial charge on any atom is 0.308 e. The van der Waals surface area contributed by atoms with Gasteiger partial charge in [0, 0.05) is 22.8 Å². The van der Waals surface area contributed by atoms with Crippen molar-refractivity contribution in [1.29, 1.82) is 0 Å². The number of rotatable bonds is 6. The predicted octanol–water partition coefficient (Wildman–Crippen LogP) is 4.58. The number of ether oxygens (including phenoxy) is 1. The predicted molar refractivity (Wildman–Crippen MR) is 105 cm³/mol. The highest BCUT2D eigenvalue weighted by molar-refractivity contribution is 7.17. The van der Waals surface area contributed by atoms with Gasteiger partial charge in [-0.3, -0.25) is 9.20 Å². The van der Waals surface area contributed by atoms with Crippen molar-refractivity contribution < 1.29 is 14.6 Å². The third-order valence-corrected chi connectivity index (χ3v) is 5.25. The monoisotopic (exact) mass is 378 g/mol. The molecule has 1 N–H and O–H groups in total. The van der Waals surface area contributed by atoms with Crippen molar-refractivity contribution in [1.82, 2.24) is 9.38 Å². The van der Waals surface area contributed by atoms with Gasteiger partial charge < -0.3 is 9.84 Å². The number of hydrogen-bond donors (Lipinski definition) is 1. The fourth-order valence-corrected chi connectivity index (χ4v) is 3.91.